The van der Waals surface area contributed by atoms with Gasteiger partial charge in [0.25, 0.3) is 0 Å². The summed E-state index contributed by atoms with van der Waals surface area (Å²) in [6.07, 6.45) is 5.05. The number of halogens is 1. The SMILES string of the molecule is COc1cc(C=CS(=O)(=O)N[C@H](C)c2ccc(F)cc2)ccc1-n1cnc(C)c1. The van der Waals surface area contributed by atoms with Crippen LogP contribution in [0.25, 0.3) is 11.8 Å². The van der Waals surface area contributed by atoms with Crippen molar-refractivity contribution in [2.24, 2.45) is 0 Å². The van der Waals surface area contributed by atoms with Crippen molar-refractivity contribution in [1.82, 2.24) is 14.3 Å². The Morgan fingerprint density at radius 3 is 2.55 bits per heavy atom. The van der Waals surface area contributed by atoms with Gasteiger partial charge in [-0.3, -0.25) is 0 Å². The maximum Gasteiger partial charge on any atom is 0.234 e. The number of methoxy groups -OCH3 is 1. The highest BCUT2D eigenvalue weighted by molar-refractivity contribution is 7.92. The molecule has 3 aromatic rings. The second-order valence-electron chi connectivity index (χ2n) is 6.59. The molecule has 0 unspecified atom stereocenters. The Kier molecular flexibility index (Phi) is 6.14. The third kappa shape index (κ3) is 5.30. The van der Waals surface area contributed by atoms with E-state index in [0.717, 1.165) is 16.8 Å². The Labute approximate surface area is 169 Å². The van der Waals surface area contributed by atoms with E-state index in [1.165, 1.54) is 18.2 Å². The lowest BCUT2D eigenvalue weighted by atomic mass is 10.1. The van der Waals surface area contributed by atoms with Gasteiger partial charge in [-0.2, -0.15) is 0 Å². The Morgan fingerprint density at radius 2 is 1.93 bits per heavy atom. The number of aromatic nitrogens is 2. The minimum Gasteiger partial charge on any atom is -0.495 e. The van der Waals surface area contributed by atoms with Crippen LogP contribution in [-0.2, 0) is 10.0 Å². The topological polar surface area (TPSA) is 73.2 Å². The number of hydrogen-bond acceptors (Lipinski definition) is 4. The van der Waals surface area contributed by atoms with Crippen molar-refractivity contribution in [3.05, 3.63) is 83.0 Å². The van der Waals surface area contributed by atoms with Crippen molar-refractivity contribution in [2.45, 2.75) is 19.9 Å². The van der Waals surface area contributed by atoms with E-state index in [0.29, 0.717) is 16.9 Å². The quantitative estimate of drug-likeness (QED) is 0.634. The summed E-state index contributed by atoms with van der Waals surface area (Å²) in [6, 6.07) is 10.6. The van der Waals surface area contributed by atoms with Crippen LogP contribution in [0.4, 0.5) is 4.39 Å². The van der Waals surface area contributed by atoms with Crippen molar-refractivity contribution in [3.63, 3.8) is 0 Å². The molecule has 0 fully saturated rings. The Bertz CT molecular complexity index is 1120. The van der Waals surface area contributed by atoms with Gasteiger partial charge >= 0.3 is 0 Å². The van der Waals surface area contributed by atoms with Gasteiger partial charge in [-0.25, -0.2) is 22.5 Å². The molecular formula is C21H22FN3O3S. The molecule has 0 bridgehead atoms. The van der Waals surface area contributed by atoms with Gasteiger partial charge in [0, 0.05) is 17.6 Å². The summed E-state index contributed by atoms with van der Waals surface area (Å²) < 4.78 is 47.6. The summed E-state index contributed by atoms with van der Waals surface area (Å²) in [5, 5.41) is 1.10. The standard InChI is InChI=1S/C21H22FN3O3S/c1-15-13-25(14-23-15)20-9-4-17(12-21(20)28-3)10-11-29(26,27)24-16(2)18-5-7-19(22)8-6-18/h4-14,16,24H,1-3H3/t16-/m1/s1. The van der Waals surface area contributed by atoms with E-state index in [1.54, 1.807) is 44.6 Å². The predicted molar refractivity (Wildman–Crippen MR) is 111 cm³/mol. The molecular weight excluding hydrogens is 393 g/mol. The lowest BCUT2D eigenvalue weighted by molar-refractivity contribution is 0.413. The zero-order valence-corrected chi connectivity index (χ0v) is 17.2. The van der Waals surface area contributed by atoms with Gasteiger partial charge < -0.3 is 9.30 Å². The van der Waals surface area contributed by atoms with Gasteiger partial charge in [-0.15, -0.1) is 0 Å². The molecule has 0 spiro atoms. The fraction of sp³-hybridized carbons (Fsp3) is 0.190. The van der Waals surface area contributed by atoms with Crippen LogP contribution in [0.2, 0.25) is 0 Å². The van der Waals surface area contributed by atoms with Gasteiger partial charge in [0.2, 0.25) is 10.0 Å². The summed E-state index contributed by atoms with van der Waals surface area (Å²) in [6.45, 7) is 3.59. The van der Waals surface area contributed by atoms with E-state index >= 15 is 0 Å². The summed E-state index contributed by atoms with van der Waals surface area (Å²) in [4.78, 5) is 4.20. The summed E-state index contributed by atoms with van der Waals surface area (Å²) in [5.41, 5.74) is 3.02. The molecule has 0 aliphatic carbocycles. The second-order valence-corrected chi connectivity index (χ2v) is 8.19. The molecule has 1 aromatic heterocycles. The van der Waals surface area contributed by atoms with Crippen molar-refractivity contribution < 1.29 is 17.5 Å². The number of benzene rings is 2. The van der Waals surface area contributed by atoms with Crippen LogP contribution in [0.5, 0.6) is 5.75 Å². The first-order chi connectivity index (χ1) is 13.8. The molecule has 0 radical (unpaired) electrons. The third-order valence-electron chi connectivity index (χ3n) is 4.34. The Morgan fingerprint density at radius 1 is 1.21 bits per heavy atom. The van der Waals surface area contributed by atoms with Gasteiger partial charge in [-0.05, 0) is 55.3 Å². The minimum absolute atomic E-state index is 0.369. The van der Waals surface area contributed by atoms with Crippen LogP contribution in [0.3, 0.4) is 0 Å². The fourth-order valence-corrected chi connectivity index (χ4v) is 3.88. The molecule has 2 aromatic carbocycles. The van der Waals surface area contributed by atoms with E-state index in [1.807, 2.05) is 23.8 Å². The summed E-state index contributed by atoms with van der Waals surface area (Å²) in [5.74, 6) is 0.224. The molecule has 1 atom stereocenters. The van der Waals surface area contributed by atoms with Crippen molar-refractivity contribution in [1.29, 1.82) is 0 Å². The van der Waals surface area contributed by atoms with Crippen LogP contribution in [0, 0.1) is 12.7 Å². The smallest absolute Gasteiger partial charge is 0.234 e. The van der Waals surface area contributed by atoms with Crippen LogP contribution >= 0.6 is 0 Å². The molecule has 152 valence electrons. The zero-order chi connectivity index (χ0) is 21.0. The number of hydrogen-bond donors (Lipinski definition) is 1. The number of nitrogens with zero attached hydrogens (tertiary/aromatic N) is 2. The first kappa shape index (κ1) is 20.8. The van der Waals surface area contributed by atoms with Gasteiger partial charge in [0.1, 0.15) is 11.6 Å². The van der Waals surface area contributed by atoms with E-state index in [2.05, 4.69) is 9.71 Å². The molecule has 8 heteroatoms. The lowest BCUT2D eigenvalue weighted by Gasteiger charge is -2.13. The van der Waals surface area contributed by atoms with Gasteiger partial charge in [0.05, 0.1) is 24.8 Å². The average Bonchev–Trinajstić information content (AvgIpc) is 3.12. The number of nitrogens with one attached hydrogen (secondary N) is 1. The van der Waals surface area contributed by atoms with Crippen molar-refractivity contribution in [2.75, 3.05) is 7.11 Å². The van der Waals surface area contributed by atoms with Crippen LogP contribution in [0.15, 0.2) is 60.4 Å². The van der Waals surface area contributed by atoms with Gasteiger partial charge in [-0.1, -0.05) is 18.2 Å². The normalized spacial score (nSPS) is 13.0. The fourth-order valence-electron chi connectivity index (χ4n) is 2.84. The third-order valence-corrected chi connectivity index (χ3v) is 5.52. The monoisotopic (exact) mass is 415 g/mol. The first-order valence-electron chi connectivity index (χ1n) is 8.92. The van der Waals surface area contributed by atoms with Crippen LogP contribution < -0.4 is 9.46 Å². The minimum atomic E-state index is -3.70. The predicted octanol–water partition coefficient (Wildman–Crippen LogP) is 3.98. The number of aryl methyl sites for hydroxylation is 1. The largest absolute Gasteiger partial charge is 0.495 e. The van der Waals surface area contributed by atoms with Crippen LogP contribution in [-0.4, -0.2) is 25.1 Å². The highest BCUT2D eigenvalue weighted by Gasteiger charge is 2.13. The molecule has 29 heavy (non-hydrogen) atoms. The average molecular weight is 415 g/mol. The molecule has 0 aliphatic heterocycles. The highest BCUT2D eigenvalue weighted by Crippen LogP contribution is 2.25. The van der Waals surface area contributed by atoms with E-state index in [-0.39, 0.29) is 5.82 Å². The van der Waals surface area contributed by atoms with E-state index in [4.69, 9.17) is 4.74 Å². The number of ether oxygens (including phenoxy) is 1. The number of rotatable bonds is 7. The zero-order valence-electron chi connectivity index (χ0n) is 16.3. The molecule has 0 saturated carbocycles. The maximum absolute atomic E-state index is 13.0. The molecule has 6 nitrogen and oxygen atoms in total. The van der Waals surface area contributed by atoms with E-state index < -0.39 is 16.1 Å². The van der Waals surface area contributed by atoms with Crippen molar-refractivity contribution >= 4 is 16.1 Å². The molecule has 1 N–H and O–H groups in total. The number of sulfonamides is 1. The molecule has 3 rings (SSSR count). The van der Waals surface area contributed by atoms with E-state index in [9.17, 15) is 12.8 Å². The molecule has 0 saturated heterocycles. The highest BCUT2D eigenvalue weighted by atomic mass is 32.2. The first-order valence-corrected chi connectivity index (χ1v) is 10.5. The molecule has 1 heterocycles. The lowest BCUT2D eigenvalue weighted by Crippen LogP contribution is -2.24. The van der Waals surface area contributed by atoms with Crippen LogP contribution in [0.1, 0.15) is 29.8 Å². The van der Waals surface area contributed by atoms with Gasteiger partial charge in [0.15, 0.2) is 0 Å². The van der Waals surface area contributed by atoms with Crippen molar-refractivity contribution in [3.8, 4) is 11.4 Å². The Hall–Kier alpha value is -2.97. The molecule has 0 amide bonds. The summed E-state index contributed by atoms with van der Waals surface area (Å²) >= 11 is 0. The molecule has 0 aliphatic rings. The maximum atomic E-state index is 13.0. The summed E-state index contributed by atoms with van der Waals surface area (Å²) in [7, 11) is -2.14. The Balaban J connectivity index is 1.76. The number of imidazole rings is 1. The second kappa shape index (κ2) is 8.59.